The van der Waals surface area contributed by atoms with Crippen molar-refractivity contribution in [1.82, 2.24) is 0 Å². The van der Waals surface area contributed by atoms with Gasteiger partial charge in [0, 0.05) is 0 Å². The van der Waals surface area contributed by atoms with Gasteiger partial charge < -0.3 is 9.84 Å². The Morgan fingerprint density at radius 3 is 2.53 bits per heavy atom. The average Bonchev–Trinajstić information content (AvgIpc) is 2.37. The normalized spacial score (nSPS) is 11.2. The fourth-order valence-electron chi connectivity index (χ4n) is 1.38. The maximum absolute atomic E-state index is 10.7. The zero-order chi connectivity index (χ0) is 14.3. The van der Waals surface area contributed by atoms with Gasteiger partial charge >= 0.3 is 5.97 Å². The zero-order valence-corrected chi connectivity index (χ0v) is 11.1. The van der Waals surface area contributed by atoms with Gasteiger partial charge in [0.1, 0.15) is 17.4 Å². The number of nitrogens with zero attached hydrogens (tertiary/aromatic N) is 1. The van der Waals surface area contributed by atoms with E-state index in [9.17, 15) is 4.79 Å². The summed E-state index contributed by atoms with van der Waals surface area (Å²) >= 11 is 0. The van der Waals surface area contributed by atoms with Crippen molar-refractivity contribution in [3.63, 3.8) is 0 Å². The second kappa shape index (κ2) is 7.22. The molecule has 1 N–H and O–H groups in total. The fourth-order valence-corrected chi connectivity index (χ4v) is 1.38. The highest BCUT2D eigenvalue weighted by molar-refractivity contribution is 5.96. The van der Waals surface area contributed by atoms with Gasteiger partial charge in [-0.15, -0.1) is 0 Å². The molecule has 0 saturated heterocycles. The van der Waals surface area contributed by atoms with Gasteiger partial charge in [-0.1, -0.05) is 26.0 Å². The summed E-state index contributed by atoms with van der Waals surface area (Å²) in [7, 11) is 0. The third kappa shape index (κ3) is 5.26. The molecule has 0 aliphatic heterocycles. The molecule has 0 aliphatic carbocycles. The van der Waals surface area contributed by atoms with E-state index >= 15 is 0 Å². The van der Waals surface area contributed by atoms with Crippen molar-refractivity contribution in [1.29, 1.82) is 5.26 Å². The van der Waals surface area contributed by atoms with Crippen LogP contribution in [0.2, 0.25) is 0 Å². The number of carbonyl (C=O) groups is 1. The number of rotatable bonds is 6. The van der Waals surface area contributed by atoms with Gasteiger partial charge in [0.2, 0.25) is 0 Å². The predicted octanol–water partition coefficient (Wildman–Crippen LogP) is 3.10. The molecule has 1 aromatic rings. The van der Waals surface area contributed by atoms with Crippen molar-refractivity contribution in [2.24, 2.45) is 5.92 Å². The summed E-state index contributed by atoms with van der Waals surface area (Å²) in [4.78, 5) is 10.7. The Kier molecular flexibility index (Phi) is 5.62. The second-order valence-electron chi connectivity index (χ2n) is 4.57. The van der Waals surface area contributed by atoms with Crippen molar-refractivity contribution in [3.05, 3.63) is 35.4 Å². The van der Waals surface area contributed by atoms with Crippen LogP contribution >= 0.6 is 0 Å². The molecule has 0 unspecified atom stereocenters. The number of aliphatic carboxylic acids is 1. The van der Waals surface area contributed by atoms with Crippen LogP contribution in [-0.2, 0) is 4.79 Å². The lowest BCUT2D eigenvalue weighted by Gasteiger charge is -2.08. The summed E-state index contributed by atoms with van der Waals surface area (Å²) in [6, 6.07) is 8.63. The smallest absolute Gasteiger partial charge is 0.346 e. The van der Waals surface area contributed by atoms with Crippen LogP contribution in [-0.4, -0.2) is 17.7 Å². The minimum Gasteiger partial charge on any atom is -0.494 e. The van der Waals surface area contributed by atoms with Crippen molar-refractivity contribution in [3.8, 4) is 11.8 Å². The molecular formula is C15H17NO3. The van der Waals surface area contributed by atoms with Crippen LogP contribution in [0.4, 0.5) is 0 Å². The fraction of sp³-hybridized carbons (Fsp3) is 0.333. The molecule has 0 fully saturated rings. The summed E-state index contributed by atoms with van der Waals surface area (Å²) in [6.45, 7) is 4.92. The van der Waals surface area contributed by atoms with Crippen LogP contribution in [0.5, 0.6) is 5.75 Å². The lowest BCUT2D eigenvalue weighted by Crippen LogP contribution is -2.01. The highest BCUT2D eigenvalue weighted by Gasteiger charge is 2.05. The molecule has 1 rings (SSSR count). The number of benzene rings is 1. The Morgan fingerprint density at radius 1 is 1.42 bits per heavy atom. The minimum atomic E-state index is -1.22. The summed E-state index contributed by atoms with van der Waals surface area (Å²) < 4.78 is 5.55. The summed E-state index contributed by atoms with van der Waals surface area (Å²) in [6.07, 6.45) is 2.32. The first-order valence-electron chi connectivity index (χ1n) is 6.11. The molecule has 0 radical (unpaired) electrons. The molecule has 0 aliphatic rings. The van der Waals surface area contributed by atoms with Crippen LogP contribution < -0.4 is 4.74 Å². The third-order valence-electron chi connectivity index (χ3n) is 2.51. The van der Waals surface area contributed by atoms with E-state index in [0.717, 1.165) is 12.2 Å². The maximum Gasteiger partial charge on any atom is 0.346 e. The van der Waals surface area contributed by atoms with E-state index in [2.05, 4.69) is 13.8 Å². The molecule has 0 spiro atoms. The predicted molar refractivity (Wildman–Crippen MR) is 72.6 cm³/mol. The largest absolute Gasteiger partial charge is 0.494 e. The zero-order valence-electron chi connectivity index (χ0n) is 11.1. The van der Waals surface area contributed by atoms with Gasteiger partial charge in [0.25, 0.3) is 0 Å². The summed E-state index contributed by atoms with van der Waals surface area (Å²) in [5.74, 6) is 0.113. The number of nitriles is 1. The first kappa shape index (κ1) is 14.8. The van der Waals surface area contributed by atoms with Crippen LogP contribution in [0.1, 0.15) is 25.8 Å². The molecule has 0 amide bonds. The van der Waals surface area contributed by atoms with E-state index < -0.39 is 5.97 Å². The minimum absolute atomic E-state index is 0.284. The SMILES string of the molecule is CC(C)CCOc1ccc(/C=C(\C#N)C(=O)O)cc1. The highest BCUT2D eigenvalue weighted by Crippen LogP contribution is 2.15. The standard InChI is InChI=1S/C15H17NO3/c1-11(2)7-8-19-14-5-3-12(4-6-14)9-13(10-16)15(17)18/h3-6,9,11H,7-8H2,1-2H3,(H,17,18)/b13-9+. The third-order valence-corrected chi connectivity index (χ3v) is 2.51. The Balaban J connectivity index is 2.67. The summed E-state index contributed by atoms with van der Waals surface area (Å²) in [5, 5.41) is 17.4. The monoisotopic (exact) mass is 259 g/mol. The molecule has 4 nitrogen and oxygen atoms in total. The highest BCUT2D eigenvalue weighted by atomic mass is 16.5. The van der Waals surface area contributed by atoms with E-state index in [-0.39, 0.29) is 5.57 Å². The van der Waals surface area contributed by atoms with Crippen molar-refractivity contribution in [2.45, 2.75) is 20.3 Å². The first-order chi connectivity index (χ1) is 9.02. The topological polar surface area (TPSA) is 70.3 Å². The van der Waals surface area contributed by atoms with E-state index in [0.29, 0.717) is 18.1 Å². The number of carboxylic acid groups (broad SMARTS) is 1. The van der Waals surface area contributed by atoms with Gasteiger partial charge in [0.15, 0.2) is 0 Å². The van der Waals surface area contributed by atoms with Gasteiger partial charge in [-0.3, -0.25) is 0 Å². The van der Waals surface area contributed by atoms with Gasteiger partial charge in [0.05, 0.1) is 6.61 Å². The first-order valence-corrected chi connectivity index (χ1v) is 6.11. The van der Waals surface area contributed by atoms with Crippen molar-refractivity contribution >= 4 is 12.0 Å². The van der Waals surface area contributed by atoms with Crippen molar-refractivity contribution < 1.29 is 14.6 Å². The molecule has 100 valence electrons. The van der Waals surface area contributed by atoms with Crippen molar-refractivity contribution in [2.75, 3.05) is 6.61 Å². The Hall–Kier alpha value is -2.28. The Labute approximate surface area is 112 Å². The van der Waals surface area contributed by atoms with Crippen LogP contribution in [0.15, 0.2) is 29.8 Å². The van der Waals surface area contributed by atoms with Gasteiger partial charge in [-0.2, -0.15) is 5.26 Å². The van der Waals surface area contributed by atoms with E-state index in [1.807, 2.05) is 0 Å². The Morgan fingerprint density at radius 2 is 2.05 bits per heavy atom. The van der Waals surface area contributed by atoms with Crippen LogP contribution in [0.25, 0.3) is 6.08 Å². The molecule has 1 aromatic carbocycles. The quantitative estimate of drug-likeness (QED) is 0.629. The lowest BCUT2D eigenvalue weighted by molar-refractivity contribution is -0.132. The molecule has 0 heterocycles. The number of carboxylic acids is 1. The maximum atomic E-state index is 10.7. The number of hydrogen-bond donors (Lipinski definition) is 1. The lowest BCUT2D eigenvalue weighted by atomic mass is 10.1. The Bertz CT molecular complexity index is 495. The van der Waals surface area contributed by atoms with E-state index in [4.69, 9.17) is 15.1 Å². The molecule has 0 aromatic heterocycles. The van der Waals surface area contributed by atoms with E-state index in [1.165, 1.54) is 6.08 Å². The average molecular weight is 259 g/mol. The number of ether oxygens (including phenoxy) is 1. The molecule has 4 heteroatoms. The van der Waals surface area contributed by atoms with Crippen LogP contribution in [0.3, 0.4) is 0 Å². The van der Waals surface area contributed by atoms with Crippen LogP contribution in [0, 0.1) is 17.2 Å². The molecule has 0 atom stereocenters. The number of hydrogen-bond acceptors (Lipinski definition) is 3. The second-order valence-corrected chi connectivity index (χ2v) is 4.57. The summed E-state index contributed by atoms with van der Waals surface area (Å²) in [5.41, 5.74) is 0.378. The van der Waals surface area contributed by atoms with Gasteiger partial charge in [-0.05, 0) is 36.1 Å². The van der Waals surface area contributed by atoms with Gasteiger partial charge in [-0.25, -0.2) is 4.79 Å². The van der Waals surface area contributed by atoms with E-state index in [1.54, 1.807) is 30.3 Å². The molecule has 19 heavy (non-hydrogen) atoms. The molecule has 0 bridgehead atoms. The molecule has 0 saturated carbocycles. The molecular weight excluding hydrogens is 242 g/mol.